The van der Waals surface area contributed by atoms with E-state index in [4.69, 9.17) is 5.11 Å². The lowest BCUT2D eigenvalue weighted by Crippen LogP contribution is -2.49. The Balaban J connectivity index is 2.55. The Morgan fingerprint density at radius 1 is 1.24 bits per heavy atom. The van der Waals surface area contributed by atoms with Gasteiger partial charge in [-0.3, -0.25) is 0 Å². The molecule has 1 saturated heterocycles. The summed E-state index contributed by atoms with van der Waals surface area (Å²) >= 11 is 0. The van der Waals surface area contributed by atoms with Crippen LogP contribution in [0.5, 0.6) is 0 Å². The number of aliphatic hydroxyl groups is 1. The molecule has 2 N–H and O–H groups in total. The second-order valence-electron chi connectivity index (χ2n) is 8.42. The molecule has 0 aromatic heterocycles. The minimum Gasteiger partial charge on any atom is -0.396 e. The van der Waals surface area contributed by atoms with Gasteiger partial charge in [0.05, 0.1) is 0 Å². The fourth-order valence-corrected chi connectivity index (χ4v) is 3.56. The van der Waals surface area contributed by atoms with E-state index in [1.807, 2.05) is 0 Å². The van der Waals surface area contributed by atoms with E-state index in [9.17, 15) is 0 Å². The molecule has 1 fully saturated rings. The Hall–Kier alpha value is -0.120. The maximum atomic E-state index is 9.17. The van der Waals surface area contributed by atoms with Gasteiger partial charge in [-0.1, -0.05) is 20.3 Å². The molecule has 0 aromatic carbocycles. The average molecular weight is 299 g/mol. The molecule has 0 aliphatic carbocycles. The fraction of sp³-hybridized carbons (Fsp3) is 1.00. The van der Waals surface area contributed by atoms with Gasteiger partial charge in [0.2, 0.25) is 0 Å². The van der Waals surface area contributed by atoms with E-state index in [0.717, 1.165) is 13.0 Å². The molecule has 0 aromatic rings. The molecule has 2 atom stereocenters. The van der Waals surface area contributed by atoms with Gasteiger partial charge in [0.15, 0.2) is 0 Å². The standard InChI is InChI=1S/C18H38N2O/c1-6-10-18(5,14-19-17(2,3)4)15-20-11-7-8-16(13-20)9-12-21/h16,19,21H,6-15H2,1-5H3. The molecule has 0 saturated carbocycles. The van der Waals surface area contributed by atoms with Crippen molar-refractivity contribution in [2.45, 2.75) is 72.3 Å². The highest BCUT2D eigenvalue weighted by Gasteiger charge is 2.30. The summed E-state index contributed by atoms with van der Waals surface area (Å²) in [4.78, 5) is 2.64. The predicted molar refractivity (Wildman–Crippen MR) is 91.6 cm³/mol. The average Bonchev–Trinajstić information content (AvgIpc) is 2.37. The van der Waals surface area contributed by atoms with Crippen molar-refractivity contribution in [3.63, 3.8) is 0 Å². The first-order chi connectivity index (χ1) is 9.78. The summed E-state index contributed by atoms with van der Waals surface area (Å²) in [6, 6.07) is 0. The van der Waals surface area contributed by atoms with Crippen LogP contribution in [0.15, 0.2) is 0 Å². The Bertz CT molecular complexity index is 285. The topological polar surface area (TPSA) is 35.5 Å². The van der Waals surface area contributed by atoms with Crippen molar-refractivity contribution < 1.29 is 5.11 Å². The third kappa shape index (κ3) is 7.62. The van der Waals surface area contributed by atoms with Gasteiger partial charge in [-0.15, -0.1) is 0 Å². The smallest absolute Gasteiger partial charge is 0.0434 e. The number of nitrogens with one attached hydrogen (secondary N) is 1. The quantitative estimate of drug-likeness (QED) is 0.722. The zero-order chi connectivity index (χ0) is 15.9. The molecule has 1 rings (SSSR count). The summed E-state index contributed by atoms with van der Waals surface area (Å²) in [6.07, 6.45) is 6.08. The van der Waals surface area contributed by atoms with Gasteiger partial charge in [-0.25, -0.2) is 0 Å². The van der Waals surface area contributed by atoms with Crippen LogP contribution in [-0.2, 0) is 0 Å². The van der Waals surface area contributed by atoms with Crippen LogP contribution in [0.1, 0.15) is 66.7 Å². The molecule has 3 heteroatoms. The van der Waals surface area contributed by atoms with Gasteiger partial charge in [0, 0.05) is 31.8 Å². The zero-order valence-corrected chi connectivity index (χ0v) is 15.0. The van der Waals surface area contributed by atoms with Crippen LogP contribution in [0.4, 0.5) is 0 Å². The van der Waals surface area contributed by atoms with Crippen molar-refractivity contribution in [1.82, 2.24) is 10.2 Å². The summed E-state index contributed by atoms with van der Waals surface area (Å²) < 4.78 is 0. The lowest BCUT2D eigenvalue weighted by molar-refractivity contribution is 0.0902. The Labute approximate surface area is 132 Å². The highest BCUT2D eigenvalue weighted by Crippen LogP contribution is 2.28. The van der Waals surface area contributed by atoms with Crippen molar-refractivity contribution >= 4 is 0 Å². The number of aliphatic hydroxyl groups excluding tert-OH is 1. The second kappa shape index (κ2) is 8.50. The summed E-state index contributed by atoms with van der Waals surface area (Å²) in [7, 11) is 0. The summed E-state index contributed by atoms with van der Waals surface area (Å²) in [5.41, 5.74) is 0.541. The van der Waals surface area contributed by atoms with Crippen LogP contribution in [0, 0.1) is 11.3 Å². The van der Waals surface area contributed by atoms with Gasteiger partial charge < -0.3 is 15.3 Å². The molecule has 2 unspecified atom stereocenters. The van der Waals surface area contributed by atoms with E-state index >= 15 is 0 Å². The molecule has 3 nitrogen and oxygen atoms in total. The molecule has 1 aliphatic rings. The molecule has 0 radical (unpaired) electrons. The number of likely N-dealkylation sites (tertiary alicyclic amines) is 1. The third-order valence-corrected chi connectivity index (χ3v) is 4.64. The summed E-state index contributed by atoms with van der Waals surface area (Å²) in [5.74, 6) is 0.699. The number of hydrogen-bond acceptors (Lipinski definition) is 3. The largest absolute Gasteiger partial charge is 0.396 e. The molecule has 1 aliphatic heterocycles. The number of nitrogens with zero attached hydrogens (tertiary/aromatic N) is 1. The monoisotopic (exact) mass is 298 g/mol. The van der Waals surface area contributed by atoms with E-state index < -0.39 is 0 Å². The van der Waals surface area contributed by atoms with E-state index in [1.165, 1.54) is 45.3 Å². The normalized spacial score (nSPS) is 24.0. The number of piperidine rings is 1. The van der Waals surface area contributed by atoms with Crippen LogP contribution in [0.3, 0.4) is 0 Å². The minimum atomic E-state index is 0.191. The van der Waals surface area contributed by atoms with Crippen LogP contribution in [0.2, 0.25) is 0 Å². The van der Waals surface area contributed by atoms with E-state index in [-0.39, 0.29) is 5.54 Å². The highest BCUT2D eigenvalue weighted by atomic mass is 16.3. The molecule has 0 bridgehead atoms. The third-order valence-electron chi connectivity index (χ3n) is 4.64. The van der Waals surface area contributed by atoms with Crippen molar-refractivity contribution in [1.29, 1.82) is 0 Å². The lowest BCUT2D eigenvalue weighted by Gasteiger charge is -2.41. The van der Waals surface area contributed by atoms with Gasteiger partial charge in [-0.05, 0) is 64.3 Å². The van der Waals surface area contributed by atoms with Crippen molar-refractivity contribution in [3.8, 4) is 0 Å². The number of hydrogen-bond donors (Lipinski definition) is 2. The zero-order valence-electron chi connectivity index (χ0n) is 15.0. The second-order valence-corrected chi connectivity index (χ2v) is 8.42. The summed E-state index contributed by atoms with van der Waals surface area (Å²) in [5, 5.41) is 12.9. The highest BCUT2D eigenvalue weighted by molar-refractivity contribution is 4.86. The van der Waals surface area contributed by atoms with Gasteiger partial charge in [-0.2, -0.15) is 0 Å². The molecule has 0 amide bonds. The lowest BCUT2D eigenvalue weighted by atomic mass is 9.83. The fourth-order valence-electron chi connectivity index (χ4n) is 3.56. The Morgan fingerprint density at radius 3 is 2.52 bits per heavy atom. The maximum Gasteiger partial charge on any atom is 0.0434 e. The molecular weight excluding hydrogens is 260 g/mol. The van der Waals surface area contributed by atoms with Crippen molar-refractivity contribution in [2.75, 3.05) is 32.8 Å². The minimum absolute atomic E-state index is 0.191. The molecule has 1 heterocycles. The molecular formula is C18H38N2O. The van der Waals surface area contributed by atoms with Crippen LogP contribution >= 0.6 is 0 Å². The molecule has 21 heavy (non-hydrogen) atoms. The SMILES string of the molecule is CCCC(C)(CNC(C)(C)C)CN1CCCC(CCO)C1. The van der Waals surface area contributed by atoms with Gasteiger partial charge >= 0.3 is 0 Å². The molecule has 126 valence electrons. The first kappa shape index (κ1) is 18.9. The van der Waals surface area contributed by atoms with E-state index in [2.05, 4.69) is 44.8 Å². The van der Waals surface area contributed by atoms with Crippen LogP contribution in [0.25, 0.3) is 0 Å². The number of rotatable bonds is 8. The molecule has 0 spiro atoms. The van der Waals surface area contributed by atoms with Crippen molar-refractivity contribution in [2.24, 2.45) is 11.3 Å². The Morgan fingerprint density at radius 2 is 1.95 bits per heavy atom. The van der Waals surface area contributed by atoms with E-state index in [1.54, 1.807) is 0 Å². The summed E-state index contributed by atoms with van der Waals surface area (Å²) in [6.45, 7) is 16.5. The Kier molecular flexibility index (Phi) is 7.66. The first-order valence-corrected chi connectivity index (χ1v) is 8.86. The van der Waals surface area contributed by atoms with Gasteiger partial charge in [0.1, 0.15) is 0 Å². The van der Waals surface area contributed by atoms with Crippen LogP contribution < -0.4 is 5.32 Å². The maximum absolute atomic E-state index is 9.17. The predicted octanol–water partition coefficient (Wildman–Crippen LogP) is 3.28. The van der Waals surface area contributed by atoms with Crippen LogP contribution in [-0.4, -0.2) is 48.3 Å². The van der Waals surface area contributed by atoms with E-state index in [0.29, 0.717) is 17.9 Å². The van der Waals surface area contributed by atoms with Gasteiger partial charge in [0.25, 0.3) is 0 Å². The van der Waals surface area contributed by atoms with Crippen molar-refractivity contribution in [3.05, 3.63) is 0 Å². The first-order valence-electron chi connectivity index (χ1n) is 8.86.